The molecule has 3 aromatic carbocycles. The molecule has 0 unspecified atom stereocenters. The Morgan fingerprint density at radius 1 is 0.758 bits per heavy atom. The van der Waals surface area contributed by atoms with Gasteiger partial charge in [0.25, 0.3) is 5.91 Å². The number of nitrogens with zero attached hydrogens (tertiary/aromatic N) is 1. The lowest BCUT2D eigenvalue weighted by Gasteiger charge is -2.32. The fourth-order valence-electron chi connectivity index (χ4n) is 3.98. The van der Waals surface area contributed by atoms with E-state index in [2.05, 4.69) is 0 Å². The van der Waals surface area contributed by atoms with Crippen molar-refractivity contribution in [2.45, 2.75) is 23.0 Å². The Morgan fingerprint density at radius 2 is 1.27 bits per heavy atom. The van der Waals surface area contributed by atoms with Gasteiger partial charge in [-0.3, -0.25) is 9.59 Å². The lowest BCUT2D eigenvalue weighted by atomic mass is 9.97. The van der Waals surface area contributed by atoms with Crippen LogP contribution in [-0.2, 0) is 9.84 Å². The van der Waals surface area contributed by atoms with Gasteiger partial charge in [-0.15, -0.1) is 0 Å². The molecule has 0 bridgehead atoms. The number of sulfone groups is 1. The van der Waals surface area contributed by atoms with Crippen LogP contribution in [0.5, 0.6) is 0 Å². The van der Waals surface area contributed by atoms with Gasteiger partial charge in [-0.05, 0) is 67.4 Å². The molecule has 1 aliphatic rings. The van der Waals surface area contributed by atoms with Crippen LogP contribution in [0.15, 0.2) is 77.7 Å². The third-order valence-corrected chi connectivity index (χ3v) is 8.10. The maximum absolute atomic E-state index is 13.2. The smallest absolute Gasteiger partial charge is 0.254 e. The summed E-state index contributed by atoms with van der Waals surface area (Å²) in [5.41, 5.74) is 0.683. The summed E-state index contributed by atoms with van der Waals surface area (Å²) in [4.78, 5) is 27.7. The molecule has 0 N–H and O–H groups in total. The largest absolute Gasteiger partial charge is 0.339 e. The number of likely N-dealkylation sites (tertiary alicyclic amines) is 1. The third-order valence-electron chi connectivity index (χ3n) is 5.82. The van der Waals surface area contributed by atoms with Crippen molar-refractivity contribution in [2.75, 3.05) is 13.1 Å². The summed E-state index contributed by atoms with van der Waals surface area (Å²) in [6.07, 6.45) is 0.471. The summed E-state index contributed by atoms with van der Waals surface area (Å²) >= 11 is 0. The fraction of sp³-hybridized carbons (Fsp3) is 0.200. The van der Waals surface area contributed by atoms with Crippen LogP contribution in [0, 0.1) is 11.6 Å². The van der Waals surface area contributed by atoms with E-state index in [0.29, 0.717) is 0 Å². The standard InChI is InChI=1S/C25H21F2NO4S/c26-18-7-5-17(6-8-18)24(29)22-3-1-2-4-23(22)25(30)28-15-13-21(14-16-28)33(31,32)20-11-9-19(27)10-12-20/h1-12,21H,13-16H2. The van der Waals surface area contributed by atoms with E-state index in [-0.39, 0.29) is 53.4 Å². The summed E-state index contributed by atoms with van der Waals surface area (Å²) in [5, 5.41) is -0.678. The maximum Gasteiger partial charge on any atom is 0.254 e. The van der Waals surface area contributed by atoms with Crippen LogP contribution in [0.4, 0.5) is 8.78 Å². The minimum atomic E-state index is -3.64. The van der Waals surface area contributed by atoms with Gasteiger partial charge in [-0.25, -0.2) is 17.2 Å². The molecule has 4 rings (SSSR count). The highest BCUT2D eigenvalue weighted by molar-refractivity contribution is 7.92. The van der Waals surface area contributed by atoms with Crippen LogP contribution < -0.4 is 0 Å². The molecule has 1 fully saturated rings. The number of ketones is 1. The highest BCUT2D eigenvalue weighted by atomic mass is 32.2. The molecule has 0 aromatic heterocycles. The first-order chi connectivity index (χ1) is 15.8. The van der Waals surface area contributed by atoms with Gasteiger partial charge in [0.05, 0.1) is 15.7 Å². The Kier molecular flexibility index (Phi) is 6.37. The van der Waals surface area contributed by atoms with E-state index in [9.17, 15) is 26.8 Å². The molecular weight excluding hydrogens is 448 g/mol. The second-order valence-corrected chi connectivity index (χ2v) is 10.1. The van der Waals surface area contributed by atoms with Gasteiger partial charge in [0.1, 0.15) is 11.6 Å². The lowest BCUT2D eigenvalue weighted by molar-refractivity contribution is 0.0722. The number of hydrogen-bond acceptors (Lipinski definition) is 4. The Balaban J connectivity index is 1.50. The predicted molar refractivity (Wildman–Crippen MR) is 119 cm³/mol. The molecule has 0 saturated carbocycles. The average Bonchev–Trinajstić information content (AvgIpc) is 2.84. The van der Waals surface area contributed by atoms with Crippen LogP contribution in [0.3, 0.4) is 0 Å². The normalized spacial score (nSPS) is 14.8. The molecule has 8 heteroatoms. The van der Waals surface area contributed by atoms with Crippen molar-refractivity contribution in [3.8, 4) is 0 Å². The Hall–Kier alpha value is -3.39. The summed E-state index contributed by atoms with van der Waals surface area (Å²) in [6, 6.07) is 16.2. The first-order valence-corrected chi connectivity index (χ1v) is 12.0. The van der Waals surface area contributed by atoms with Gasteiger partial charge in [-0.2, -0.15) is 0 Å². The highest BCUT2D eigenvalue weighted by Gasteiger charge is 2.33. The number of benzene rings is 3. The van der Waals surface area contributed by atoms with Crippen LogP contribution in [0.2, 0.25) is 0 Å². The molecule has 33 heavy (non-hydrogen) atoms. The zero-order valence-electron chi connectivity index (χ0n) is 17.6. The third kappa shape index (κ3) is 4.71. The quantitative estimate of drug-likeness (QED) is 0.413. The van der Waals surface area contributed by atoms with Crippen molar-refractivity contribution in [1.82, 2.24) is 4.90 Å². The number of halogens is 2. The summed E-state index contributed by atoms with van der Waals surface area (Å²) in [5.74, 6) is -1.73. The second-order valence-electron chi connectivity index (χ2n) is 7.87. The van der Waals surface area contributed by atoms with Gasteiger partial charge >= 0.3 is 0 Å². The monoisotopic (exact) mass is 469 g/mol. The first kappa shape index (κ1) is 22.8. The zero-order chi connectivity index (χ0) is 23.6. The molecule has 5 nitrogen and oxygen atoms in total. The molecule has 1 amide bonds. The van der Waals surface area contributed by atoms with E-state index in [0.717, 1.165) is 12.1 Å². The van der Waals surface area contributed by atoms with Gasteiger partial charge in [-0.1, -0.05) is 18.2 Å². The number of carbonyl (C=O) groups is 2. The number of amides is 1. The van der Waals surface area contributed by atoms with Gasteiger partial charge < -0.3 is 4.90 Å². The lowest BCUT2D eigenvalue weighted by Crippen LogP contribution is -2.42. The van der Waals surface area contributed by atoms with Crippen LogP contribution in [0.1, 0.15) is 39.1 Å². The SMILES string of the molecule is O=C(c1ccc(F)cc1)c1ccccc1C(=O)N1CCC(S(=O)(=O)c2ccc(F)cc2)CC1. The molecule has 0 spiro atoms. The minimum absolute atomic E-state index is 0.0592. The summed E-state index contributed by atoms with van der Waals surface area (Å²) in [7, 11) is -3.64. The average molecular weight is 470 g/mol. The number of hydrogen-bond donors (Lipinski definition) is 0. The minimum Gasteiger partial charge on any atom is -0.339 e. The van der Waals surface area contributed by atoms with E-state index in [4.69, 9.17) is 0 Å². The van der Waals surface area contributed by atoms with E-state index in [1.165, 1.54) is 41.3 Å². The van der Waals surface area contributed by atoms with Crippen molar-refractivity contribution >= 4 is 21.5 Å². The molecule has 0 atom stereocenters. The molecule has 0 radical (unpaired) electrons. The van der Waals surface area contributed by atoms with Crippen LogP contribution in [0.25, 0.3) is 0 Å². The van der Waals surface area contributed by atoms with Crippen molar-refractivity contribution in [1.29, 1.82) is 0 Å². The van der Waals surface area contributed by atoms with Crippen molar-refractivity contribution in [3.05, 3.63) is 101 Å². The summed E-state index contributed by atoms with van der Waals surface area (Å²) < 4.78 is 52.1. The van der Waals surface area contributed by atoms with Crippen molar-refractivity contribution in [2.24, 2.45) is 0 Å². The van der Waals surface area contributed by atoms with E-state index in [1.807, 2.05) is 0 Å². The van der Waals surface area contributed by atoms with Gasteiger partial charge in [0.15, 0.2) is 15.6 Å². The van der Waals surface area contributed by atoms with Crippen molar-refractivity contribution in [3.63, 3.8) is 0 Å². The van der Waals surface area contributed by atoms with Crippen LogP contribution in [-0.4, -0.2) is 43.3 Å². The molecule has 1 aliphatic heterocycles. The van der Waals surface area contributed by atoms with Crippen LogP contribution >= 0.6 is 0 Å². The maximum atomic E-state index is 13.2. The predicted octanol–water partition coefficient (Wildman–Crippen LogP) is 4.27. The highest BCUT2D eigenvalue weighted by Crippen LogP contribution is 2.26. The summed E-state index contributed by atoms with van der Waals surface area (Å²) in [6.45, 7) is 0.423. The fourth-order valence-corrected chi connectivity index (χ4v) is 5.71. The number of carbonyl (C=O) groups excluding carboxylic acids is 2. The number of piperidine rings is 1. The molecule has 0 aliphatic carbocycles. The van der Waals surface area contributed by atoms with Gasteiger partial charge in [0, 0.05) is 24.2 Å². The van der Waals surface area contributed by atoms with Crippen molar-refractivity contribution < 1.29 is 26.8 Å². The number of rotatable bonds is 5. The van der Waals surface area contributed by atoms with Gasteiger partial charge in [0.2, 0.25) is 0 Å². The molecular formula is C25H21F2NO4S. The Bertz CT molecular complexity index is 1280. The molecule has 3 aromatic rings. The second kappa shape index (κ2) is 9.23. The van der Waals surface area contributed by atoms with E-state index in [1.54, 1.807) is 24.3 Å². The van der Waals surface area contributed by atoms with E-state index >= 15 is 0 Å². The Labute approximate surface area is 190 Å². The topological polar surface area (TPSA) is 71.5 Å². The zero-order valence-corrected chi connectivity index (χ0v) is 18.4. The molecule has 1 heterocycles. The van der Waals surface area contributed by atoms with E-state index < -0.39 is 32.5 Å². The molecule has 170 valence electrons. The Morgan fingerprint density at radius 3 is 1.85 bits per heavy atom. The first-order valence-electron chi connectivity index (χ1n) is 10.5. The molecule has 1 saturated heterocycles.